The summed E-state index contributed by atoms with van der Waals surface area (Å²) in [6.07, 6.45) is 2.84. The Balaban J connectivity index is 2.69. The van der Waals surface area contributed by atoms with Gasteiger partial charge >= 0.3 is 0 Å². The Labute approximate surface area is 99.0 Å². The number of rotatable bonds is 4. The van der Waals surface area contributed by atoms with Gasteiger partial charge in [0.05, 0.1) is 5.69 Å². The Morgan fingerprint density at radius 2 is 2.06 bits per heavy atom. The highest BCUT2D eigenvalue weighted by Gasteiger charge is 2.23. The second-order valence-electron chi connectivity index (χ2n) is 5.68. The van der Waals surface area contributed by atoms with Gasteiger partial charge < -0.3 is 5.73 Å². The summed E-state index contributed by atoms with van der Waals surface area (Å²) in [5.74, 6) is 0.600. The van der Waals surface area contributed by atoms with Crippen LogP contribution in [0.2, 0.25) is 0 Å². The average molecular weight is 223 g/mol. The van der Waals surface area contributed by atoms with Crippen molar-refractivity contribution < 1.29 is 0 Å². The molecule has 0 amide bonds. The van der Waals surface area contributed by atoms with E-state index in [2.05, 4.69) is 39.7 Å². The van der Waals surface area contributed by atoms with Crippen LogP contribution in [0, 0.1) is 11.3 Å². The zero-order valence-corrected chi connectivity index (χ0v) is 11.2. The van der Waals surface area contributed by atoms with E-state index in [0.717, 1.165) is 18.7 Å². The van der Waals surface area contributed by atoms with Crippen LogP contribution in [0.5, 0.6) is 0 Å². The fourth-order valence-electron chi connectivity index (χ4n) is 1.78. The molecule has 0 saturated carbocycles. The van der Waals surface area contributed by atoms with Crippen molar-refractivity contribution in [2.45, 2.75) is 53.6 Å². The molecule has 2 unspecified atom stereocenters. The monoisotopic (exact) mass is 223 g/mol. The summed E-state index contributed by atoms with van der Waals surface area (Å²) in [6, 6.07) is 2.13. The van der Waals surface area contributed by atoms with Gasteiger partial charge in [0.1, 0.15) is 0 Å². The number of aryl methyl sites for hydroxylation is 1. The first-order valence-corrected chi connectivity index (χ1v) is 6.13. The second-order valence-corrected chi connectivity index (χ2v) is 5.68. The molecule has 2 atom stereocenters. The minimum absolute atomic E-state index is 0.0941. The van der Waals surface area contributed by atoms with Crippen LogP contribution in [0.1, 0.15) is 52.8 Å². The van der Waals surface area contributed by atoms with E-state index < -0.39 is 0 Å². The van der Waals surface area contributed by atoms with E-state index in [1.807, 2.05) is 16.9 Å². The third-order valence-corrected chi connectivity index (χ3v) is 3.51. The highest BCUT2D eigenvalue weighted by Crippen LogP contribution is 2.32. The van der Waals surface area contributed by atoms with Crippen molar-refractivity contribution in [1.82, 2.24) is 9.78 Å². The highest BCUT2D eigenvalue weighted by atomic mass is 15.3. The lowest BCUT2D eigenvalue weighted by Gasteiger charge is -2.29. The third-order valence-electron chi connectivity index (χ3n) is 3.51. The summed E-state index contributed by atoms with van der Waals surface area (Å²) in [5, 5.41) is 4.26. The average Bonchev–Trinajstić information content (AvgIpc) is 2.63. The van der Waals surface area contributed by atoms with E-state index in [1.54, 1.807) is 0 Å². The molecule has 0 aliphatic rings. The van der Waals surface area contributed by atoms with Gasteiger partial charge in [-0.25, -0.2) is 0 Å². The van der Waals surface area contributed by atoms with Crippen LogP contribution in [0.3, 0.4) is 0 Å². The fraction of sp³-hybridized carbons (Fsp3) is 0.769. The van der Waals surface area contributed by atoms with E-state index in [-0.39, 0.29) is 6.04 Å². The molecule has 92 valence electrons. The van der Waals surface area contributed by atoms with Crippen LogP contribution in [0.4, 0.5) is 0 Å². The van der Waals surface area contributed by atoms with Gasteiger partial charge in [-0.2, -0.15) is 5.10 Å². The first-order valence-electron chi connectivity index (χ1n) is 6.13. The van der Waals surface area contributed by atoms with E-state index in [4.69, 9.17) is 5.73 Å². The lowest BCUT2D eigenvalue weighted by Crippen LogP contribution is -2.24. The van der Waals surface area contributed by atoms with Gasteiger partial charge in [0.15, 0.2) is 0 Å². The van der Waals surface area contributed by atoms with Crippen LogP contribution in [0.15, 0.2) is 12.3 Å². The molecule has 0 saturated heterocycles. The molecule has 1 rings (SSSR count). The van der Waals surface area contributed by atoms with Crippen LogP contribution < -0.4 is 5.73 Å². The zero-order chi connectivity index (χ0) is 12.3. The van der Waals surface area contributed by atoms with Gasteiger partial charge in [0, 0.05) is 18.8 Å². The first-order chi connectivity index (χ1) is 7.36. The normalized spacial score (nSPS) is 16.1. The molecule has 0 bridgehead atoms. The maximum absolute atomic E-state index is 6.25. The third kappa shape index (κ3) is 3.08. The quantitative estimate of drug-likeness (QED) is 0.852. The van der Waals surface area contributed by atoms with Gasteiger partial charge in [-0.15, -0.1) is 0 Å². The minimum Gasteiger partial charge on any atom is -0.323 e. The Morgan fingerprint density at radius 1 is 1.44 bits per heavy atom. The summed E-state index contributed by atoms with van der Waals surface area (Å²) in [4.78, 5) is 0. The summed E-state index contributed by atoms with van der Waals surface area (Å²) in [6.45, 7) is 12.0. The predicted molar refractivity (Wildman–Crippen MR) is 68.1 cm³/mol. The molecule has 0 spiro atoms. The first kappa shape index (κ1) is 13.2. The number of nitrogens with two attached hydrogens (primary N) is 1. The van der Waals surface area contributed by atoms with Crippen LogP contribution in [-0.4, -0.2) is 9.78 Å². The molecule has 1 aromatic rings. The highest BCUT2D eigenvalue weighted by molar-refractivity contribution is 5.06. The van der Waals surface area contributed by atoms with Crippen LogP contribution >= 0.6 is 0 Å². The summed E-state index contributed by atoms with van der Waals surface area (Å²) < 4.78 is 1.99. The standard InChI is InChI=1S/C13H25N3/c1-6-16-12(7-8-15-16)11(14)9-10(2)13(3,4)5/h7-8,10-11H,6,9,14H2,1-5H3. The van der Waals surface area contributed by atoms with Crippen molar-refractivity contribution in [2.24, 2.45) is 17.1 Å². The topological polar surface area (TPSA) is 43.8 Å². The van der Waals surface area contributed by atoms with Crippen molar-refractivity contribution >= 4 is 0 Å². The van der Waals surface area contributed by atoms with Gasteiger partial charge in [0.25, 0.3) is 0 Å². The molecule has 0 fully saturated rings. The Morgan fingerprint density at radius 3 is 2.56 bits per heavy atom. The van der Waals surface area contributed by atoms with Gasteiger partial charge in [-0.3, -0.25) is 4.68 Å². The minimum atomic E-state index is 0.0941. The molecule has 3 heteroatoms. The van der Waals surface area contributed by atoms with Crippen LogP contribution in [0.25, 0.3) is 0 Å². The maximum atomic E-state index is 6.25. The molecule has 1 heterocycles. The molecule has 1 aromatic heterocycles. The van der Waals surface area contributed by atoms with Crippen molar-refractivity contribution in [3.8, 4) is 0 Å². The summed E-state index contributed by atoms with van der Waals surface area (Å²) >= 11 is 0. The van der Waals surface area contributed by atoms with Gasteiger partial charge in [-0.1, -0.05) is 27.7 Å². The SMILES string of the molecule is CCn1nccc1C(N)CC(C)C(C)(C)C. The molecule has 2 N–H and O–H groups in total. The number of hydrogen-bond acceptors (Lipinski definition) is 2. The fourth-order valence-corrected chi connectivity index (χ4v) is 1.78. The second kappa shape index (κ2) is 5.00. The number of hydrogen-bond donors (Lipinski definition) is 1. The van der Waals surface area contributed by atoms with Crippen molar-refractivity contribution in [3.63, 3.8) is 0 Å². The van der Waals surface area contributed by atoms with E-state index in [1.165, 1.54) is 0 Å². The lowest BCUT2D eigenvalue weighted by molar-refractivity contribution is 0.231. The molecular weight excluding hydrogens is 198 g/mol. The molecule has 16 heavy (non-hydrogen) atoms. The Hall–Kier alpha value is -0.830. The van der Waals surface area contributed by atoms with Crippen molar-refractivity contribution in [2.75, 3.05) is 0 Å². The van der Waals surface area contributed by atoms with Gasteiger partial charge in [-0.05, 0) is 30.7 Å². The van der Waals surface area contributed by atoms with Crippen molar-refractivity contribution in [3.05, 3.63) is 18.0 Å². The Bertz CT molecular complexity index is 322. The maximum Gasteiger partial charge on any atom is 0.0551 e. The van der Waals surface area contributed by atoms with E-state index in [0.29, 0.717) is 11.3 Å². The lowest BCUT2D eigenvalue weighted by atomic mass is 9.78. The zero-order valence-electron chi connectivity index (χ0n) is 11.2. The molecule has 0 aliphatic heterocycles. The predicted octanol–water partition coefficient (Wildman–Crippen LogP) is 2.98. The largest absolute Gasteiger partial charge is 0.323 e. The van der Waals surface area contributed by atoms with Gasteiger partial charge in [0.2, 0.25) is 0 Å². The number of nitrogens with zero attached hydrogens (tertiary/aromatic N) is 2. The summed E-state index contributed by atoms with van der Waals surface area (Å²) in [5.41, 5.74) is 7.72. The van der Waals surface area contributed by atoms with Crippen LogP contribution in [-0.2, 0) is 6.54 Å². The molecule has 0 aliphatic carbocycles. The smallest absolute Gasteiger partial charge is 0.0551 e. The van der Waals surface area contributed by atoms with E-state index >= 15 is 0 Å². The molecule has 3 nitrogen and oxygen atoms in total. The molecule has 0 aromatic carbocycles. The Kier molecular flexibility index (Phi) is 4.14. The molecular formula is C13H25N3. The van der Waals surface area contributed by atoms with E-state index in [9.17, 15) is 0 Å². The van der Waals surface area contributed by atoms with Crippen molar-refractivity contribution in [1.29, 1.82) is 0 Å². The molecule has 0 radical (unpaired) electrons. The summed E-state index contributed by atoms with van der Waals surface area (Å²) in [7, 11) is 0. The number of aromatic nitrogens is 2.